The summed E-state index contributed by atoms with van der Waals surface area (Å²) in [6, 6.07) is 2.42. The van der Waals surface area contributed by atoms with E-state index in [1.54, 1.807) is 6.07 Å². The normalized spacial score (nSPS) is 29.8. The summed E-state index contributed by atoms with van der Waals surface area (Å²) >= 11 is 0. The van der Waals surface area contributed by atoms with E-state index in [2.05, 4.69) is 15.4 Å². The maximum Gasteiger partial charge on any atom is 0.273 e. The molecule has 1 amide bonds. The number of likely N-dealkylation sites (tertiary alicyclic amines) is 1. The monoisotopic (exact) mass is 291 g/mol. The third kappa shape index (κ3) is 2.70. The van der Waals surface area contributed by atoms with Gasteiger partial charge in [-0.05, 0) is 25.7 Å². The van der Waals surface area contributed by atoms with E-state index >= 15 is 0 Å². The van der Waals surface area contributed by atoms with E-state index in [0.717, 1.165) is 31.7 Å². The fourth-order valence-corrected chi connectivity index (χ4v) is 3.19. The van der Waals surface area contributed by atoms with E-state index in [1.807, 2.05) is 0 Å². The number of amides is 1. The summed E-state index contributed by atoms with van der Waals surface area (Å²) in [6.45, 7) is 1.81. The number of nitrogens with zero attached hydrogens (tertiary/aromatic N) is 2. The second-order valence-corrected chi connectivity index (χ2v) is 6.60. The first-order valence-electron chi connectivity index (χ1n) is 7.87. The van der Waals surface area contributed by atoms with Crippen molar-refractivity contribution in [2.24, 2.45) is 5.92 Å². The Morgan fingerprint density at radius 1 is 1.38 bits per heavy atom. The highest BCUT2D eigenvalue weighted by atomic mass is 16.5. The van der Waals surface area contributed by atoms with E-state index in [9.17, 15) is 9.90 Å². The van der Waals surface area contributed by atoms with Crippen LogP contribution in [0.3, 0.4) is 0 Å². The Labute approximate surface area is 123 Å². The second-order valence-electron chi connectivity index (χ2n) is 6.60. The molecule has 6 nitrogen and oxygen atoms in total. The van der Waals surface area contributed by atoms with Crippen molar-refractivity contribution in [3.8, 4) is 0 Å². The standard InChI is InChI=1S/C15H21N3O3/c19-8-10-6-18(11-3-4-11)7-13(10)16-15(20)12-5-14(21-17-12)9-1-2-9/h5,9-11,13,19H,1-4,6-8H2,(H,16,20)/t10-,13?/m0/s1. The summed E-state index contributed by atoms with van der Waals surface area (Å²) in [5.74, 6) is 1.21. The van der Waals surface area contributed by atoms with Gasteiger partial charge in [-0.25, -0.2) is 0 Å². The molecule has 4 rings (SSSR count). The van der Waals surface area contributed by atoms with Gasteiger partial charge in [-0.3, -0.25) is 9.69 Å². The van der Waals surface area contributed by atoms with Crippen molar-refractivity contribution in [3.05, 3.63) is 17.5 Å². The molecule has 0 aromatic carbocycles. The maximum atomic E-state index is 12.3. The highest BCUT2D eigenvalue weighted by Crippen LogP contribution is 2.40. The van der Waals surface area contributed by atoms with Gasteiger partial charge in [-0.2, -0.15) is 0 Å². The largest absolute Gasteiger partial charge is 0.396 e. The molecule has 0 bridgehead atoms. The number of hydrogen-bond donors (Lipinski definition) is 2. The predicted molar refractivity (Wildman–Crippen MR) is 74.9 cm³/mol. The maximum absolute atomic E-state index is 12.3. The van der Waals surface area contributed by atoms with Crippen molar-refractivity contribution < 1.29 is 14.4 Å². The van der Waals surface area contributed by atoms with Gasteiger partial charge in [0.1, 0.15) is 5.76 Å². The molecular weight excluding hydrogens is 270 g/mol. The Bertz CT molecular complexity index is 536. The van der Waals surface area contributed by atoms with Gasteiger partial charge < -0.3 is 14.9 Å². The smallest absolute Gasteiger partial charge is 0.273 e. The van der Waals surface area contributed by atoms with Crippen LogP contribution in [0.25, 0.3) is 0 Å². The van der Waals surface area contributed by atoms with Crippen LogP contribution in [-0.2, 0) is 0 Å². The topological polar surface area (TPSA) is 78.6 Å². The van der Waals surface area contributed by atoms with Crippen molar-refractivity contribution in [3.63, 3.8) is 0 Å². The lowest BCUT2D eigenvalue weighted by molar-refractivity contribution is 0.0912. The molecule has 114 valence electrons. The second kappa shape index (κ2) is 5.10. The zero-order valence-corrected chi connectivity index (χ0v) is 12.0. The van der Waals surface area contributed by atoms with Crippen molar-refractivity contribution in [1.82, 2.24) is 15.4 Å². The van der Waals surface area contributed by atoms with Crippen LogP contribution in [0.5, 0.6) is 0 Å². The van der Waals surface area contributed by atoms with Crippen LogP contribution in [0.1, 0.15) is 47.8 Å². The van der Waals surface area contributed by atoms with Gasteiger partial charge in [-0.15, -0.1) is 0 Å². The summed E-state index contributed by atoms with van der Waals surface area (Å²) < 4.78 is 5.23. The summed E-state index contributed by atoms with van der Waals surface area (Å²) in [4.78, 5) is 14.7. The Morgan fingerprint density at radius 3 is 2.86 bits per heavy atom. The van der Waals surface area contributed by atoms with Gasteiger partial charge >= 0.3 is 0 Å². The average Bonchev–Trinajstić information content (AvgIpc) is 3.42. The van der Waals surface area contributed by atoms with E-state index < -0.39 is 0 Å². The lowest BCUT2D eigenvalue weighted by Gasteiger charge is -2.17. The minimum Gasteiger partial charge on any atom is -0.396 e. The molecule has 1 aliphatic heterocycles. The molecule has 21 heavy (non-hydrogen) atoms. The summed E-state index contributed by atoms with van der Waals surface area (Å²) in [5.41, 5.74) is 0.360. The third-order valence-electron chi connectivity index (χ3n) is 4.82. The number of nitrogens with one attached hydrogen (secondary N) is 1. The van der Waals surface area contributed by atoms with Crippen LogP contribution >= 0.6 is 0 Å². The van der Waals surface area contributed by atoms with Crippen molar-refractivity contribution in [1.29, 1.82) is 0 Å². The first-order chi connectivity index (χ1) is 10.2. The van der Waals surface area contributed by atoms with Crippen LogP contribution in [-0.4, -0.2) is 52.9 Å². The quantitative estimate of drug-likeness (QED) is 0.836. The summed E-state index contributed by atoms with van der Waals surface area (Å²) in [7, 11) is 0. The van der Waals surface area contributed by atoms with Gasteiger partial charge in [0.2, 0.25) is 0 Å². The van der Waals surface area contributed by atoms with E-state index in [0.29, 0.717) is 17.7 Å². The number of aliphatic hydroxyl groups is 1. The van der Waals surface area contributed by atoms with Gasteiger partial charge in [0.15, 0.2) is 5.69 Å². The van der Waals surface area contributed by atoms with Gasteiger partial charge in [0.05, 0.1) is 0 Å². The van der Waals surface area contributed by atoms with Crippen molar-refractivity contribution in [2.75, 3.05) is 19.7 Å². The highest BCUT2D eigenvalue weighted by Gasteiger charge is 2.40. The fraction of sp³-hybridized carbons (Fsp3) is 0.733. The lowest BCUT2D eigenvalue weighted by atomic mass is 10.1. The molecule has 2 atom stereocenters. The number of rotatable bonds is 5. The molecule has 1 unspecified atom stereocenters. The SMILES string of the molecule is O=C(NC1CN(C2CC2)C[C@H]1CO)c1cc(C2CC2)on1. The molecule has 3 aliphatic rings. The molecule has 2 heterocycles. The number of carbonyl (C=O) groups is 1. The molecule has 0 spiro atoms. The van der Waals surface area contributed by atoms with Crippen LogP contribution < -0.4 is 5.32 Å². The van der Waals surface area contributed by atoms with Gasteiger partial charge in [0.25, 0.3) is 5.91 Å². The average molecular weight is 291 g/mol. The van der Waals surface area contributed by atoms with Crippen molar-refractivity contribution >= 4 is 5.91 Å². The molecule has 6 heteroatoms. The van der Waals surface area contributed by atoms with Crippen LogP contribution in [0, 0.1) is 5.92 Å². The Balaban J connectivity index is 1.40. The van der Waals surface area contributed by atoms with Crippen molar-refractivity contribution in [2.45, 2.75) is 43.7 Å². The number of carbonyl (C=O) groups excluding carboxylic acids is 1. The zero-order chi connectivity index (χ0) is 14.4. The Hall–Kier alpha value is -1.40. The number of aromatic nitrogens is 1. The first-order valence-corrected chi connectivity index (χ1v) is 7.87. The highest BCUT2D eigenvalue weighted by molar-refractivity contribution is 5.92. The van der Waals surface area contributed by atoms with E-state index in [1.165, 1.54) is 12.8 Å². The number of aliphatic hydroxyl groups excluding tert-OH is 1. The predicted octanol–water partition coefficient (Wildman–Crippen LogP) is 0.737. The number of hydrogen-bond acceptors (Lipinski definition) is 5. The molecular formula is C15H21N3O3. The molecule has 3 fully saturated rings. The third-order valence-corrected chi connectivity index (χ3v) is 4.82. The van der Waals surface area contributed by atoms with E-state index in [4.69, 9.17) is 4.52 Å². The molecule has 2 N–H and O–H groups in total. The minimum absolute atomic E-state index is 0.00387. The minimum atomic E-state index is -0.188. The summed E-state index contributed by atoms with van der Waals surface area (Å²) in [5, 5.41) is 16.4. The lowest BCUT2D eigenvalue weighted by Crippen LogP contribution is -2.41. The zero-order valence-electron chi connectivity index (χ0n) is 12.0. The Morgan fingerprint density at radius 2 is 2.19 bits per heavy atom. The van der Waals surface area contributed by atoms with E-state index in [-0.39, 0.29) is 24.5 Å². The molecule has 2 saturated carbocycles. The van der Waals surface area contributed by atoms with Gasteiger partial charge in [-0.1, -0.05) is 5.16 Å². The fourth-order valence-electron chi connectivity index (χ4n) is 3.19. The summed E-state index contributed by atoms with van der Waals surface area (Å²) in [6.07, 6.45) is 4.74. The molecule has 0 radical (unpaired) electrons. The molecule has 2 aliphatic carbocycles. The first kappa shape index (κ1) is 13.3. The molecule has 1 aromatic heterocycles. The van der Waals surface area contributed by atoms with Gasteiger partial charge in [0, 0.05) is 49.7 Å². The van der Waals surface area contributed by atoms with Crippen LogP contribution in [0.15, 0.2) is 10.6 Å². The van der Waals surface area contributed by atoms with Crippen LogP contribution in [0.2, 0.25) is 0 Å². The molecule has 1 aromatic rings. The molecule has 1 saturated heterocycles. The Kier molecular flexibility index (Phi) is 3.23. The van der Waals surface area contributed by atoms with Crippen LogP contribution in [0.4, 0.5) is 0 Å².